The molecule has 0 spiro atoms. The van der Waals surface area contributed by atoms with Crippen LogP contribution in [-0.2, 0) is 9.53 Å². The molecule has 3 N–H and O–H groups in total. The summed E-state index contributed by atoms with van der Waals surface area (Å²) in [7, 11) is 0. The van der Waals surface area contributed by atoms with Crippen LogP contribution in [0.25, 0.3) is 0 Å². The minimum absolute atomic E-state index is 0.0197. The average Bonchev–Trinajstić information content (AvgIpc) is 1.88. The standard InChI is InChI=1S/C5H10N2O2/c6-1-4-2-9-3-5(8)7-4/h4H,1-3,6H2,(H,7,8). The van der Waals surface area contributed by atoms with Gasteiger partial charge in [0.2, 0.25) is 5.91 Å². The normalized spacial score (nSPS) is 27.7. The van der Waals surface area contributed by atoms with E-state index in [9.17, 15) is 4.79 Å². The maximum atomic E-state index is 10.5. The third kappa shape index (κ3) is 1.65. The van der Waals surface area contributed by atoms with E-state index in [2.05, 4.69) is 5.32 Å². The van der Waals surface area contributed by atoms with E-state index in [1.54, 1.807) is 0 Å². The molecule has 52 valence electrons. The summed E-state index contributed by atoms with van der Waals surface area (Å²) in [6.45, 7) is 1.17. The van der Waals surface area contributed by atoms with Crippen LogP contribution in [0, 0.1) is 0 Å². The molecular weight excluding hydrogens is 120 g/mol. The van der Waals surface area contributed by atoms with E-state index in [1.807, 2.05) is 0 Å². The summed E-state index contributed by atoms with van der Waals surface area (Å²) in [4.78, 5) is 10.5. The van der Waals surface area contributed by atoms with Crippen LogP contribution in [0.5, 0.6) is 0 Å². The van der Waals surface area contributed by atoms with Crippen molar-refractivity contribution in [2.75, 3.05) is 19.8 Å². The van der Waals surface area contributed by atoms with E-state index in [0.29, 0.717) is 13.2 Å². The number of rotatable bonds is 1. The molecule has 0 aromatic rings. The average molecular weight is 130 g/mol. The van der Waals surface area contributed by atoms with Gasteiger partial charge in [0.25, 0.3) is 0 Å². The van der Waals surface area contributed by atoms with E-state index < -0.39 is 0 Å². The summed E-state index contributed by atoms with van der Waals surface area (Å²) in [5.41, 5.74) is 5.27. The molecule has 1 heterocycles. The molecule has 1 atom stereocenters. The van der Waals surface area contributed by atoms with E-state index in [-0.39, 0.29) is 18.6 Å². The first kappa shape index (κ1) is 6.51. The SMILES string of the molecule is NCC1COCC(=O)N1. The van der Waals surface area contributed by atoms with Gasteiger partial charge in [0.1, 0.15) is 6.61 Å². The molecule has 0 aromatic heterocycles. The molecule has 0 radical (unpaired) electrons. The molecule has 4 heteroatoms. The Balaban J connectivity index is 2.32. The van der Waals surface area contributed by atoms with Gasteiger partial charge in [-0.05, 0) is 0 Å². The summed E-state index contributed by atoms with van der Waals surface area (Å²) in [5.74, 6) is -0.0725. The topological polar surface area (TPSA) is 64.3 Å². The van der Waals surface area contributed by atoms with Crippen molar-refractivity contribution >= 4 is 5.91 Å². The predicted molar refractivity (Wildman–Crippen MR) is 31.8 cm³/mol. The van der Waals surface area contributed by atoms with Gasteiger partial charge in [0.05, 0.1) is 12.6 Å². The molecule has 1 saturated heterocycles. The Labute approximate surface area is 53.4 Å². The quantitative estimate of drug-likeness (QED) is 0.452. The fourth-order valence-corrected chi connectivity index (χ4v) is 0.732. The second kappa shape index (κ2) is 2.80. The van der Waals surface area contributed by atoms with Crippen molar-refractivity contribution in [2.24, 2.45) is 5.73 Å². The van der Waals surface area contributed by atoms with Gasteiger partial charge in [-0.1, -0.05) is 0 Å². The second-order valence-electron chi connectivity index (χ2n) is 2.02. The van der Waals surface area contributed by atoms with Crippen LogP contribution in [-0.4, -0.2) is 31.7 Å². The third-order valence-electron chi connectivity index (χ3n) is 1.20. The number of amides is 1. The van der Waals surface area contributed by atoms with Crippen molar-refractivity contribution in [3.8, 4) is 0 Å². The van der Waals surface area contributed by atoms with Crippen LogP contribution in [0.1, 0.15) is 0 Å². The summed E-state index contributed by atoms with van der Waals surface area (Å²) in [6, 6.07) is 0.0197. The van der Waals surface area contributed by atoms with Crippen LogP contribution in [0.3, 0.4) is 0 Å². The van der Waals surface area contributed by atoms with Crippen molar-refractivity contribution in [1.82, 2.24) is 5.32 Å². The minimum Gasteiger partial charge on any atom is -0.369 e. The largest absolute Gasteiger partial charge is 0.369 e. The zero-order chi connectivity index (χ0) is 6.69. The maximum Gasteiger partial charge on any atom is 0.246 e. The lowest BCUT2D eigenvalue weighted by Gasteiger charge is -2.21. The molecule has 1 aliphatic rings. The lowest BCUT2D eigenvalue weighted by molar-refractivity contribution is -0.131. The van der Waals surface area contributed by atoms with Crippen molar-refractivity contribution in [3.63, 3.8) is 0 Å². The van der Waals surface area contributed by atoms with E-state index in [0.717, 1.165) is 0 Å². The number of nitrogens with one attached hydrogen (secondary N) is 1. The number of nitrogens with two attached hydrogens (primary N) is 1. The number of carbonyl (C=O) groups is 1. The van der Waals surface area contributed by atoms with E-state index in [4.69, 9.17) is 10.5 Å². The Morgan fingerprint density at radius 1 is 1.89 bits per heavy atom. The third-order valence-corrected chi connectivity index (χ3v) is 1.20. The van der Waals surface area contributed by atoms with E-state index in [1.165, 1.54) is 0 Å². The maximum absolute atomic E-state index is 10.5. The van der Waals surface area contributed by atoms with Crippen molar-refractivity contribution in [2.45, 2.75) is 6.04 Å². The van der Waals surface area contributed by atoms with Crippen molar-refractivity contribution in [3.05, 3.63) is 0 Å². The molecule has 1 unspecified atom stereocenters. The Hall–Kier alpha value is -0.610. The molecule has 0 saturated carbocycles. The highest BCUT2D eigenvalue weighted by Gasteiger charge is 2.15. The first-order valence-corrected chi connectivity index (χ1v) is 2.90. The minimum atomic E-state index is -0.0725. The van der Waals surface area contributed by atoms with Crippen LogP contribution >= 0.6 is 0 Å². The van der Waals surface area contributed by atoms with Gasteiger partial charge < -0.3 is 15.8 Å². The zero-order valence-corrected chi connectivity index (χ0v) is 5.09. The predicted octanol–water partition coefficient (Wildman–Crippen LogP) is -1.54. The van der Waals surface area contributed by atoms with Gasteiger partial charge in [-0.25, -0.2) is 0 Å². The van der Waals surface area contributed by atoms with Crippen molar-refractivity contribution in [1.29, 1.82) is 0 Å². The molecule has 9 heavy (non-hydrogen) atoms. The van der Waals surface area contributed by atoms with Crippen LogP contribution in [0.15, 0.2) is 0 Å². The fourth-order valence-electron chi connectivity index (χ4n) is 0.732. The lowest BCUT2D eigenvalue weighted by atomic mass is 10.3. The van der Waals surface area contributed by atoms with Crippen LogP contribution in [0.4, 0.5) is 0 Å². The molecule has 4 nitrogen and oxygen atoms in total. The summed E-state index contributed by atoms with van der Waals surface area (Å²) < 4.78 is 4.89. The van der Waals surface area contributed by atoms with Gasteiger partial charge >= 0.3 is 0 Å². The summed E-state index contributed by atoms with van der Waals surface area (Å²) >= 11 is 0. The number of morpholine rings is 1. The number of carbonyl (C=O) groups excluding carboxylic acids is 1. The summed E-state index contributed by atoms with van der Waals surface area (Å²) in [5, 5.41) is 2.68. The van der Waals surface area contributed by atoms with Crippen LogP contribution < -0.4 is 11.1 Å². The molecule has 0 bridgehead atoms. The first-order chi connectivity index (χ1) is 4.33. The smallest absolute Gasteiger partial charge is 0.246 e. The highest BCUT2D eigenvalue weighted by atomic mass is 16.5. The number of ether oxygens (including phenoxy) is 1. The molecular formula is C5H10N2O2. The van der Waals surface area contributed by atoms with Gasteiger partial charge in [0.15, 0.2) is 0 Å². The fraction of sp³-hybridized carbons (Fsp3) is 0.800. The molecule has 0 aromatic carbocycles. The second-order valence-corrected chi connectivity index (χ2v) is 2.02. The number of hydrogen-bond donors (Lipinski definition) is 2. The highest BCUT2D eigenvalue weighted by Crippen LogP contribution is 1.90. The van der Waals surface area contributed by atoms with Gasteiger partial charge in [-0.2, -0.15) is 0 Å². The molecule has 1 amide bonds. The monoisotopic (exact) mass is 130 g/mol. The highest BCUT2D eigenvalue weighted by molar-refractivity contribution is 5.78. The Morgan fingerprint density at radius 3 is 3.11 bits per heavy atom. The molecule has 1 rings (SSSR count). The Kier molecular flexibility index (Phi) is 2.02. The van der Waals surface area contributed by atoms with Gasteiger partial charge in [-0.3, -0.25) is 4.79 Å². The van der Waals surface area contributed by atoms with Gasteiger partial charge in [-0.15, -0.1) is 0 Å². The van der Waals surface area contributed by atoms with Crippen LogP contribution in [0.2, 0.25) is 0 Å². The lowest BCUT2D eigenvalue weighted by Crippen LogP contribution is -2.49. The Bertz CT molecular complexity index is 116. The Morgan fingerprint density at radius 2 is 2.67 bits per heavy atom. The van der Waals surface area contributed by atoms with Crippen molar-refractivity contribution < 1.29 is 9.53 Å². The zero-order valence-electron chi connectivity index (χ0n) is 5.09. The van der Waals surface area contributed by atoms with E-state index >= 15 is 0 Å². The number of hydrogen-bond acceptors (Lipinski definition) is 3. The molecule has 1 aliphatic heterocycles. The molecule has 1 fully saturated rings. The van der Waals surface area contributed by atoms with Gasteiger partial charge in [0, 0.05) is 6.54 Å². The first-order valence-electron chi connectivity index (χ1n) is 2.90. The molecule has 0 aliphatic carbocycles. The summed E-state index contributed by atoms with van der Waals surface area (Å²) in [6.07, 6.45) is 0.